The van der Waals surface area contributed by atoms with Gasteiger partial charge in [-0.3, -0.25) is 0 Å². The summed E-state index contributed by atoms with van der Waals surface area (Å²) < 4.78 is 0.852. The van der Waals surface area contributed by atoms with Crippen LogP contribution in [0.5, 0.6) is 0 Å². The van der Waals surface area contributed by atoms with Crippen LogP contribution in [0.25, 0.3) is 0 Å². The summed E-state index contributed by atoms with van der Waals surface area (Å²) in [6.07, 6.45) is 6.01. The van der Waals surface area contributed by atoms with Gasteiger partial charge in [0.1, 0.15) is 16.2 Å². The lowest BCUT2D eigenvalue weighted by Gasteiger charge is -2.25. The highest BCUT2D eigenvalue weighted by Gasteiger charge is 2.17. The van der Waals surface area contributed by atoms with E-state index in [1.165, 1.54) is 25.7 Å². The number of halogens is 1. The number of anilines is 1. The number of unbranched alkanes of at least 4 members (excludes halogenated alkanes) is 2. The van der Waals surface area contributed by atoms with E-state index in [1.807, 2.05) is 6.07 Å². The number of aryl methyl sites for hydroxylation is 1. The second-order valence-corrected chi connectivity index (χ2v) is 6.63. The molecule has 1 N–H and O–H groups in total. The maximum absolute atomic E-state index is 4.50. The number of nitrogens with zero attached hydrogens (tertiary/aromatic N) is 2. The number of nitrogens with one attached hydrogen (secondary N) is 1. The molecule has 0 aliphatic rings. The second kappa shape index (κ2) is 7.83. The highest BCUT2D eigenvalue weighted by molar-refractivity contribution is 9.10. The van der Waals surface area contributed by atoms with Crippen molar-refractivity contribution in [1.29, 1.82) is 0 Å². The molecule has 0 aromatic carbocycles. The molecule has 0 aliphatic heterocycles. The second-order valence-electron chi connectivity index (χ2n) is 5.82. The van der Waals surface area contributed by atoms with E-state index in [0.29, 0.717) is 5.41 Å². The maximum Gasteiger partial charge on any atom is 0.131 e. The molecule has 0 unspecified atom stereocenters. The minimum Gasteiger partial charge on any atom is -0.369 e. The Morgan fingerprint density at radius 2 is 1.95 bits per heavy atom. The topological polar surface area (TPSA) is 37.8 Å². The first-order valence-corrected chi connectivity index (χ1v) is 8.03. The van der Waals surface area contributed by atoms with Crippen molar-refractivity contribution in [2.45, 2.75) is 59.8 Å². The zero-order chi connectivity index (χ0) is 14.3. The van der Waals surface area contributed by atoms with Gasteiger partial charge in [-0.15, -0.1) is 0 Å². The van der Waals surface area contributed by atoms with Crippen LogP contribution in [0.15, 0.2) is 10.7 Å². The van der Waals surface area contributed by atoms with Gasteiger partial charge < -0.3 is 5.32 Å². The summed E-state index contributed by atoms with van der Waals surface area (Å²) >= 11 is 3.43. The number of rotatable bonds is 8. The Morgan fingerprint density at radius 1 is 1.21 bits per heavy atom. The molecule has 0 atom stereocenters. The summed E-state index contributed by atoms with van der Waals surface area (Å²) in [5.41, 5.74) is 0.305. The smallest absolute Gasteiger partial charge is 0.131 e. The average Bonchev–Trinajstić information content (AvgIpc) is 2.36. The molecule has 1 heterocycles. The number of hydrogen-bond donors (Lipinski definition) is 1. The van der Waals surface area contributed by atoms with Gasteiger partial charge >= 0.3 is 0 Å². The first kappa shape index (κ1) is 16.4. The molecule has 0 aliphatic carbocycles. The molecular formula is C15H26BrN3. The highest BCUT2D eigenvalue weighted by atomic mass is 79.9. The van der Waals surface area contributed by atoms with Crippen LogP contribution in [0, 0.1) is 5.41 Å². The Morgan fingerprint density at radius 3 is 2.58 bits per heavy atom. The van der Waals surface area contributed by atoms with Gasteiger partial charge in [0, 0.05) is 19.0 Å². The predicted octanol–water partition coefficient (Wildman–Crippen LogP) is 4.82. The van der Waals surface area contributed by atoms with Crippen molar-refractivity contribution in [1.82, 2.24) is 9.97 Å². The largest absolute Gasteiger partial charge is 0.369 e. The van der Waals surface area contributed by atoms with E-state index in [0.717, 1.165) is 29.2 Å². The lowest BCUT2D eigenvalue weighted by Crippen LogP contribution is -2.23. The van der Waals surface area contributed by atoms with Gasteiger partial charge in [-0.2, -0.15) is 0 Å². The van der Waals surface area contributed by atoms with Crippen molar-refractivity contribution in [3.8, 4) is 0 Å². The van der Waals surface area contributed by atoms with E-state index >= 15 is 0 Å². The van der Waals surface area contributed by atoms with Crippen LogP contribution in [0.1, 0.15) is 59.2 Å². The fourth-order valence-corrected chi connectivity index (χ4v) is 2.41. The first-order valence-electron chi connectivity index (χ1n) is 7.24. The lowest BCUT2D eigenvalue weighted by molar-refractivity contribution is 0.342. The maximum atomic E-state index is 4.50. The van der Waals surface area contributed by atoms with Crippen molar-refractivity contribution in [3.63, 3.8) is 0 Å². The predicted molar refractivity (Wildman–Crippen MR) is 85.5 cm³/mol. The molecule has 1 aromatic rings. The van der Waals surface area contributed by atoms with Crippen LogP contribution in [-0.4, -0.2) is 16.5 Å². The third-order valence-electron chi connectivity index (χ3n) is 3.26. The van der Waals surface area contributed by atoms with E-state index in [4.69, 9.17) is 0 Å². The molecule has 0 radical (unpaired) electrons. The third kappa shape index (κ3) is 6.37. The minimum absolute atomic E-state index is 0.305. The molecule has 0 saturated carbocycles. The van der Waals surface area contributed by atoms with Gasteiger partial charge in [-0.1, -0.05) is 47.0 Å². The Labute approximate surface area is 125 Å². The fourth-order valence-electron chi connectivity index (χ4n) is 1.99. The summed E-state index contributed by atoms with van der Waals surface area (Å²) in [5, 5.41) is 3.45. The van der Waals surface area contributed by atoms with Crippen LogP contribution in [0.3, 0.4) is 0 Å². The van der Waals surface area contributed by atoms with Crippen LogP contribution >= 0.6 is 15.9 Å². The van der Waals surface area contributed by atoms with E-state index in [9.17, 15) is 0 Å². The Bertz CT molecular complexity index is 391. The van der Waals surface area contributed by atoms with Crippen LogP contribution < -0.4 is 5.32 Å². The molecule has 1 aromatic heterocycles. The summed E-state index contributed by atoms with van der Waals surface area (Å²) in [7, 11) is 0. The number of aromatic nitrogens is 2. The molecule has 108 valence electrons. The van der Waals surface area contributed by atoms with Gasteiger partial charge in [-0.25, -0.2) is 9.97 Å². The summed E-state index contributed by atoms with van der Waals surface area (Å²) in [4.78, 5) is 8.82. The quantitative estimate of drug-likeness (QED) is 0.549. The Balaban J connectivity index is 2.53. The molecule has 0 fully saturated rings. The molecule has 3 nitrogen and oxygen atoms in total. The zero-order valence-electron chi connectivity index (χ0n) is 12.6. The third-order valence-corrected chi connectivity index (χ3v) is 3.67. The van der Waals surface area contributed by atoms with E-state index in [-0.39, 0.29) is 0 Å². The molecule has 0 amide bonds. The van der Waals surface area contributed by atoms with Crippen LogP contribution in [0.2, 0.25) is 0 Å². The minimum atomic E-state index is 0.305. The van der Waals surface area contributed by atoms with Crippen molar-refractivity contribution in [3.05, 3.63) is 16.5 Å². The lowest BCUT2D eigenvalue weighted by atomic mass is 9.87. The summed E-state index contributed by atoms with van der Waals surface area (Å²) in [5.74, 6) is 1.79. The normalized spacial score (nSPS) is 11.6. The van der Waals surface area contributed by atoms with E-state index < -0.39 is 0 Å². The molecule has 4 heteroatoms. The monoisotopic (exact) mass is 327 g/mol. The number of hydrogen-bond acceptors (Lipinski definition) is 3. The Kier molecular flexibility index (Phi) is 6.76. The zero-order valence-corrected chi connectivity index (χ0v) is 14.2. The first-order chi connectivity index (χ1) is 8.96. The summed E-state index contributed by atoms with van der Waals surface area (Å²) in [6, 6.07) is 1.95. The van der Waals surface area contributed by atoms with Crippen LogP contribution in [-0.2, 0) is 6.42 Å². The van der Waals surface area contributed by atoms with E-state index in [2.05, 4.69) is 58.9 Å². The summed E-state index contributed by atoms with van der Waals surface area (Å²) in [6.45, 7) is 9.89. The van der Waals surface area contributed by atoms with Gasteiger partial charge in [-0.05, 0) is 27.8 Å². The van der Waals surface area contributed by atoms with Gasteiger partial charge in [0.15, 0.2) is 0 Å². The molecule has 0 spiro atoms. The molecule has 19 heavy (non-hydrogen) atoms. The Hall–Kier alpha value is -0.640. The van der Waals surface area contributed by atoms with E-state index in [1.54, 1.807) is 0 Å². The highest BCUT2D eigenvalue weighted by Crippen LogP contribution is 2.24. The van der Waals surface area contributed by atoms with Gasteiger partial charge in [0.2, 0.25) is 0 Å². The van der Waals surface area contributed by atoms with Gasteiger partial charge in [0.05, 0.1) is 0 Å². The van der Waals surface area contributed by atoms with Gasteiger partial charge in [0.25, 0.3) is 0 Å². The van der Waals surface area contributed by atoms with Crippen molar-refractivity contribution < 1.29 is 0 Å². The molecule has 1 rings (SSSR count). The van der Waals surface area contributed by atoms with Crippen LogP contribution in [0.4, 0.5) is 5.82 Å². The fraction of sp³-hybridized carbons (Fsp3) is 0.733. The SMILES string of the molecule is CCCCCC(C)(C)CNc1cc(Br)nc(CC)n1. The molecular weight excluding hydrogens is 302 g/mol. The average molecular weight is 328 g/mol. The van der Waals surface area contributed by atoms with Crippen molar-refractivity contribution in [2.24, 2.45) is 5.41 Å². The molecule has 0 bridgehead atoms. The molecule has 0 saturated heterocycles. The standard InChI is InChI=1S/C15H26BrN3/c1-5-7-8-9-15(3,4)11-17-14-10-12(16)18-13(6-2)19-14/h10H,5-9,11H2,1-4H3,(H,17,18,19). The van der Waals surface area contributed by atoms with Crippen molar-refractivity contribution >= 4 is 21.7 Å². The van der Waals surface area contributed by atoms with Crippen molar-refractivity contribution in [2.75, 3.05) is 11.9 Å².